The lowest BCUT2D eigenvalue weighted by molar-refractivity contribution is 1.18. The van der Waals surface area contributed by atoms with Crippen LogP contribution >= 0.6 is 0 Å². The van der Waals surface area contributed by atoms with E-state index in [1.807, 2.05) is 12.4 Å². The van der Waals surface area contributed by atoms with Crippen LogP contribution in [0.15, 0.2) is 134 Å². The van der Waals surface area contributed by atoms with Crippen LogP contribution in [0, 0.1) is 0 Å². The van der Waals surface area contributed by atoms with Crippen molar-refractivity contribution in [3.63, 3.8) is 0 Å². The van der Waals surface area contributed by atoms with Crippen molar-refractivity contribution in [1.29, 1.82) is 0 Å². The van der Waals surface area contributed by atoms with E-state index >= 15 is 0 Å². The Morgan fingerprint density at radius 1 is 0.452 bits per heavy atom. The normalized spacial score (nSPS) is 12.3. The van der Waals surface area contributed by atoms with Gasteiger partial charge in [-0.1, -0.05) is 66.7 Å². The molecule has 5 heterocycles. The number of para-hydroxylation sites is 3. The zero-order valence-corrected chi connectivity index (χ0v) is 22.5. The van der Waals surface area contributed by atoms with E-state index < -0.39 is 0 Å². The molecular weight excluding hydrogens is 512 g/mol. The Hall–Kier alpha value is -5.74. The van der Waals surface area contributed by atoms with Crippen molar-refractivity contribution in [1.82, 2.24) is 18.9 Å². The number of benzene rings is 5. The zero-order valence-electron chi connectivity index (χ0n) is 22.5. The molecule has 10 rings (SSSR count). The van der Waals surface area contributed by atoms with Crippen molar-refractivity contribution < 1.29 is 0 Å². The molecule has 0 spiro atoms. The molecule has 0 bridgehead atoms. The average Bonchev–Trinajstić information content (AvgIpc) is 3.57. The Balaban J connectivity index is 1.27. The molecule has 0 aliphatic heterocycles. The van der Waals surface area contributed by atoms with E-state index in [0.717, 1.165) is 16.4 Å². The maximum Gasteiger partial charge on any atom is 0.161 e. The molecule has 4 heteroatoms. The van der Waals surface area contributed by atoms with Gasteiger partial charge in [0.15, 0.2) is 5.65 Å². The van der Waals surface area contributed by atoms with Gasteiger partial charge in [0.1, 0.15) is 0 Å². The summed E-state index contributed by atoms with van der Waals surface area (Å²) in [7, 11) is 0. The maximum absolute atomic E-state index is 4.82. The molecule has 5 aromatic carbocycles. The van der Waals surface area contributed by atoms with Gasteiger partial charge in [-0.2, -0.15) is 0 Å². The van der Waals surface area contributed by atoms with Crippen molar-refractivity contribution in [2.24, 2.45) is 0 Å². The van der Waals surface area contributed by atoms with E-state index in [2.05, 4.69) is 135 Å². The molecule has 42 heavy (non-hydrogen) atoms. The first-order valence-electron chi connectivity index (χ1n) is 14.3. The first-order chi connectivity index (χ1) is 20.8. The summed E-state index contributed by atoms with van der Waals surface area (Å²) in [6.07, 6.45) is 3.87. The number of rotatable bonds is 2. The van der Waals surface area contributed by atoms with E-state index in [9.17, 15) is 0 Å². The van der Waals surface area contributed by atoms with Gasteiger partial charge >= 0.3 is 0 Å². The number of nitrogens with zero attached hydrogens (tertiary/aromatic N) is 4. The molecule has 5 aromatic heterocycles. The minimum absolute atomic E-state index is 0.791. The van der Waals surface area contributed by atoms with E-state index in [0.29, 0.717) is 0 Å². The number of aromatic nitrogens is 4. The van der Waals surface area contributed by atoms with Crippen LogP contribution in [0.3, 0.4) is 0 Å². The smallest absolute Gasteiger partial charge is 0.161 e. The number of pyridine rings is 3. The molecule has 0 unspecified atom stereocenters. The predicted molar refractivity (Wildman–Crippen MR) is 174 cm³/mol. The highest BCUT2D eigenvalue weighted by Crippen LogP contribution is 2.41. The summed E-state index contributed by atoms with van der Waals surface area (Å²) in [5.41, 5.74) is 10.4. The zero-order chi connectivity index (χ0) is 27.4. The van der Waals surface area contributed by atoms with Crippen molar-refractivity contribution in [3.05, 3.63) is 134 Å². The van der Waals surface area contributed by atoms with Gasteiger partial charge in [0, 0.05) is 45.0 Å². The average molecular weight is 535 g/mol. The monoisotopic (exact) mass is 534 g/mol. The molecule has 0 amide bonds. The molecule has 0 N–H and O–H groups in total. The SMILES string of the molecule is c1ccc(-n2c3ccccc3c3cc(-c4ccc5c(c4)c4cnc6nccc7c8ccccc8n5c4c67)ccc32)cc1. The third kappa shape index (κ3) is 2.76. The fraction of sp³-hybridized carbons (Fsp3) is 0. The van der Waals surface area contributed by atoms with Crippen LogP contribution in [-0.2, 0) is 0 Å². The Bertz CT molecular complexity index is 2660. The summed E-state index contributed by atoms with van der Waals surface area (Å²) in [5, 5.41) is 8.42. The standard InChI is InChI=1S/C38H22N4/c1-2-8-25(9-3-1)41-32-12-6-5-11-27(32)29-20-23(14-16-34(29)41)24-15-17-35-30(21-24)31-22-40-38-36-28(18-19-39-38)26-10-4-7-13-33(26)42(35)37(31)36/h1-22H. The highest BCUT2D eigenvalue weighted by Gasteiger charge is 2.20. The molecule has 0 saturated heterocycles. The fourth-order valence-electron chi connectivity index (χ4n) is 7.16. The maximum atomic E-state index is 4.82. The molecule has 0 radical (unpaired) electrons. The quantitative estimate of drug-likeness (QED) is 0.163. The van der Waals surface area contributed by atoms with Crippen molar-refractivity contribution in [2.45, 2.75) is 0 Å². The van der Waals surface area contributed by atoms with Gasteiger partial charge in [-0.15, -0.1) is 0 Å². The molecule has 0 fully saturated rings. The minimum atomic E-state index is 0.791. The third-order valence-electron chi connectivity index (χ3n) is 8.95. The molecule has 4 nitrogen and oxygen atoms in total. The Kier molecular flexibility index (Phi) is 4.15. The molecule has 10 aromatic rings. The van der Waals surface area contributed by atoms with Crippen LogP contribution in [-0.4, -0.2) is 18.9 Å². The molecule has 0 saturated carbocycles. The third-order valence-corrected chi connectivity index (χ3v) is 8.95. The predicted octanol–water partition coefficient (Wildman–Crippen LogP) is 9.54. The summed E-state index contributed by atoms with van der Waals surface area (Å²) in [6, 6.07) is 43.8. The summed E-state index contributed by atoms with van der Waals surface area (Å²) in [6.45, 7) is 0. The van der Waals surface area contributed by atoms with Crippen molar-refractivity contribution in [2.75, 3.05) is 0 Å². The van der Waals surface area contributed by atoms with E-state index in [1.165, 1.54) is 71.3 Å². The lowest BCUT2D eigenvalue weighted by Crippen LogP contribution is -1.94. The second kappa shape index (κ2) is 7.93. The summed E-state index contributed by atoms with van der Waals surface area (Å²) < 4.78 is 4.76. The van der Waals surface area contributed by atoms with Crippen LogP contribution < -0.4 is 0 Å². The Morgan fingerprint density at radius 3 is 1.88 bits per heavy atom. The van der Waals surface area contributed by atoms with Gasteiger partial charge in [-0.05, 0) is 71.1 Å². The topological polar surface area (TPSA) is 35.1 Å². The lowest BCUT2D eigenvalue weighted by Gasteiger charge is -2.11. The summed E-state index contributed by atoms with van der Waals surface area (Å²) in [5.74, 6) is 0. The fourth-order valence-corrected chi connectivity index (χ4v) is 7.16. The van der Waals surface area contributed by atoms with Crippen LogP contribution in [0.5, 0.6) is 0 Å². The van der Waals surface area contributed by atoms with Crippen LogP contribution in [0.4, 0.5) is 0 Å². The molecule has 0 atom stereocenters. The van der Waals surface area contributed by atoms with Crippen molar-refractivity contribution >= 4 is 70.9 Å². The van der Waals surface area contributed by atoms with Gasteiger partial charge in [0.25, 0.3) is 0 Å². The minimum Gasteiger partial charge on any atom is -0.309 e. The number of hydrogen-bond acceptors (Lipinski definition) is 2. The van der Waals surface area contributed by atoms with Gasteiger partial charge in [0.2, 0.25) is 0 Å². The second-order valence-corrected chi connectivity index (χ2v) is 11.1. The van der Waals surface area contributed by atoms with Gasteiger partial charge in [0.05, 0.1) is 33.0 Å². The molecule has 0 aliphatic carbocycles. The molecule has 194 valence electrons. The summed E-state index contributed by atoms with van der Waals surface area (Å²) in [4.78, 5) is 9.45. The highest BCUT2D eigenvalue weighted by atomic mass is 15.0. The first kappa shape index (κ1) is 22.0. The van der Waals surface area contributed by atoms with Crippen LogP contribution in [0.1, 0.15) is 0 Å². The molecular formula is C38H22N4. The number of hydrogen-bond donors (Lipinski definition) is 0. The van der Waals surface area contributed by atoms with Crippen molar-refractivity contribution in [3.8, 4) is 16.8 Å². The van der Waals surface area contributed by atoms with E-state index in [-0.39, 0.29) is 0 Å². The largest absolute Gasteiger partial charge is 0.309 e. The van der Waals surface area contributed by atoms with Crippen LogP contribution in [0.25, 0.3) is 87.7 Å². The van der Waals surface area contributed by atoms with E-state index in [4.69, 9.17) is 4.98 Å². The first-order valence-corrected chi connectivity index (χ1v) is 14.3. The van der Waals surface area contributed by atoms with E-state index in [1.54, 1.807) is 0 Å². The summed E-state index contributed by atoms with van der Waals surface area (Å²) >= 11 is 0. The second-order valence-electron chi connectivity index (χ2n) is 11.1. The van der Waals surface area contributed by atoms with Gasteiger partial charge in [-0.25, -0.2) is 9.97 Å². The Labute approximate surface area is 240 Å². The van der Waals surface area contributed by atoms with Crippen LogP contribution in [0.2, 0.25) is 0 Å². The Morgan fingerprint density at radius 2 is 1.07 bits per heavy atom. The molecule has 0 aliphatic rings. The van der Waals surface area contributed by atoms with Gasteiger partial charge in [-0.3, -0.25) is 0 Å². The highest BCUT2D eigenvalue weighted by molar-refractivity contribution is 6.27. The lowest BCUT2D eigenvalue weighted by atomic mass is 10.0. The number of fused-ring (bicyclic) bond motifs is 9. The van der Waals surface area contributed by atoms with Gasteiger partial charge < -0.3 is 8.97 Å².